The lowest BCUT2D eigenvalue weighted by Gasteiger charge is -2.37. The number of aliphatic hydroxyl groups excluding tert-OH is 1. The molecular formula is C19H31NO. The van der Waals surface area contributed by atoms with Crippen LogP contribution in [0.1, 0.15) is 88.4 Å². The fourth-order valence-corrected chi connectivity index (χ4v) is 4.76. The number of aromatic nitrogens is 1. The monoisotopic (exact) mass is 289 g/mol. The third-order valence-electron chi connectivity index (χ3n) is 5.86. The predicted octanol–water partition coefficient (Wildman–Crippen LogP) is 4.94. The summed E-state index contributed by atoms with van der Waals surface area (Å²) in [4.78, 5) is 0. The van der Waals surface area contributed by atoms with Crippen molar-refractivity contribution in [3.05, 3.63) is 23.0 Å². The maximum absolute atomic E-state index is 10.5. The van der Waals surface area contributed by atoms with Gasteiger partial charge in [0.05, 0.1) is 6.10 Å². The van der Waals surface area contributed by atoms with Gasteiger partial charge in [0.1, 0.15) is 0 Å². The second-order valence-electron chi connectivity index (χ2n) is 8.26. The Balaban J connectivity index is 1.95. The summed E-state index contributed by atoms with van der Waals surface area (Å²) in [5, 5.41) is 10.5. The van der Waals surface area contributed by atoms with E-state index in [1.54, 1.807) is 0 Å². The summed E-state index contributed by atoms with van der Waals surface area (Å²) in [5.41, 5.74) is 4.17. The van der Waals surface area contributed by atoms with Crippen molar-refractivity contribution in [3.63, 3.8) is 0 Å². The van der Waals surface area contributed by atoms with Crippen molar-refractivity contribution in [1.29, 1.82) is 0 Å². The first kappa shape index (κ1) is 15.1. The molecule has 0 aliphatic heterocycles. The van der Waals surface area contributed by atoms with Gasteiger partial charge in [0.15, 0.2) is 0 Å². The van der Waals surface area contributed by atoms with Gasteiger partial charge in [-0.25, -0.2) is 0 Å². The van der Waals surface area contributed by atoms with Crippen LogP contribution in [-0.2, 0) is 6.42 Å². The van der Waals surface area contributed by atoms with E-state index in [1.807, 2.05) is 0 Å². The van der Waals surface area contributed by atoms with Gasteiger partial charge in [-0.3, -0.25) is 0 Å². The third kappa shape index (κ3) is 2.79. The highest BCUT2D eigenvalue weighted by atomic mass is 16.3. The highest BCUT2D eigenvalue weighted by Gasteiger charge is 2.35. The topological polar surface area (TPSA) is 25.2 Å². The number of nitrogens with zero attached hydrogens (tertiary/aromatic N) is 1. The summed E-state index contributed by atoms with van der Waals surface area (Å²) in [6, 6.07) is 2.82. The van der Waals surface area contributed by atoms with Crippen LogP contribution < -0.4 is 0 Å². The fourth-order valence-electron chi connectivity index (χ4n) is 4.76. The van der Waals surface area contributed by atoms with E-state index in [2.05, 4.69) is 38.3 Å². The summed E-state index contributed by atoms with van der Waals surface area (Å²) in [6.07, 6.45) is 8.67. The molecule has 0 spiro atoms. The lowest BCUT2D eigenvalue weighted by atomic mass is 9.75. The van der Waals surface area contributed by atoms with Gasteiger partial charge >= 0.3 is 0 Å². The fraction of sp³-hybridized carbons (Fsp3) is 0.789. The molecule has 2 atom stereocenters. The average Bonchev–Trinajstić information content (AvgIpc) is 2.74. The van der Waals surface area contributed by atoms with Crippen LogP contribution in [0.2, 0.25) is 0 Å². The highest BCUT2D eigenvalue weighted by molar-refractivity contribution is 5.34. The number of aliphatic hydroxyl groups is 1. The molecule has 118 valence electrons. The Kier molecular flexibility index (Phi) is 3.94. The normalized spacial score (nSPS) is 27.4. The largest absolute Gasteiger partial charge is 0.388 e. The Morgan fingerprint density at radius 3 is 2.57 bits per heavy atom. The van der Waals surface area contributed by atoms with E-state index < -0.39 is 0 Å². The van der Waals surface area contributed by atoms with Crippen LogP contribution in [0, 0.1) is 18.3 Å². The zero-order valence-electron chi connectivity index (χ0n) is 14.2. The van der Waals surface area contributed by atoms with E-state index in [0.717, 1.165) is 18.8 Å². The first-order valence-corrected chi connectivity index (χ1v) is 8.78. The second-order valence-corrected chi connectivity index (χ2v) is 8.26. The maximum Gasteiger partial charge on any atom is 0.0812 e. The van der Waals surface area contributed by atoms with Crippen molar-refractivity contribution >= 4 is 0 Å². The molecule has 2 aliphatic carbocycles. The van der Waals surface area contributed by atoms with E-state index >= 15 is 0 Å². The van der Waals surface area contributed by atoms with Gasteiger partial charge in [-0.15, -0.1) is 0 Å². The summed E-state index contributed by atoms with van der Waals surface area (Å²) < 4.78 is 2.56. The average molecular weight is 289 g/mol. The standard InChI is InChI=1S/C19H31NO/c1-13-10-16-17(11-19(3,4)12-18(16)21)20(13)14(2)15-8-6-5-7-9-15/h10,14-15,18,21H,5-9,11-12H2,1-4H3. The van der Waals surface area contributed by atoms with Crippen LogP contribution in [0.3, 0.4) is 0 Å². The number of aryl methyl sites for hydroxylation is 1. The number of fused-ring (bicyclic) bond motifs is 1. The van der Waals surface area contributed by atoms with E-state index in [9.17, 15) is 5.11 Å². The number of rotatable bonds is 2. The zero-order chi connectivity index (χ0) is 15.2. The van der Waals surface area contributed by atoms with Crippen molar-refractivity contribution < 1.29 is 5.11 Å². The Morgan fingerprint density at radius 1 is 1.24 bits per heavy atom. The minimum Gasteiger partial charge on any atom is -0.388 e. The summed E-state index contributed by atoms with van der Waals surface area (Å²) in [7, 11) is 0. The molecule has 2 heteroatoms. The van der Waals surface area contributed by atoms with Crippen LogP contribution in [-0.4, -0.2) is 9.67 Å². The van der Waals surface area contributed by atoms with Gasteiger partial charge in [-0.2, -0.15) is 0 Å². The Labute approximate surface area is 129 Å². The van der Waals surface area contributed by atoms with Crippen molar-refractivity contribution in [3.8, 4) is 0 Å². The summed E-state index contributed by atoms with van der Waals surface area (Å²) >= 11 is 0. The molecule has 1 heterocycles. The predicted molar refractivity (Wildman–Crippen MR) is 87.5 cm³/mol. The van der Waals surface area contributed by atoms with Gasteiger partial charge in [0.25, 0.3) is 0 Å². The summed E-state index contributed by atoms with van der Waals surface area (Å²) in [6.45, 7) is 9.20. The second kappa shape index (κ2) is 5.46. The van der Waals surface area contributed by atoms with Crippen molar-refractivity contribution in [2.24, 2.45) is 11.3 Å². The molecule has 2 unspecified atom stereocenters. The molecule has 2 nitrogen and oxygen atoms in total. The number of hydrogen-bond acceptors (Lipinski definition) is 1. The third-order valence-corrected chi connectivity index (χ3v) is 5.86. The van der Waals surface area contributed by atoms with E-state index in [4.69, 9.17) is 0 Å². The van der Waals surface area contributed by atoms with Gasteiger partial charge in [-0.1, -0.05) is 33.1 Å². The SMILES string of the molecule is Cc1cc2c(n1C(C)C1CCCCC1)CC(C)(C)CC2O. The van der Waals surface area contributed by atoms with Crippen LogP contribution in [0.25, 0.3) is 0 Å². The highest BCUT2D eigenvalue weighted by Crippen LogP contribution is 2.44. The van der Waals surface area contributed by atoms with Crippen molar-refractivity contribution in [1.82, 2.24) is 4.57 Å². The van der Waals surface area contributed by atoms with E-state index in [1.165, 1.54) is 49.1 Å². The molecule has 0 radical (unpaired) electrons. The van der Waals surface area contributed by atoms with Crippen molar-refractivity contribution in [2.45, 2.75) is 84.8 Å². The van der Waals surface area contributed by atoms with E-state index in [0.29, 0.717) is 6.04 Å². The lowest BCUT2D eigenvalue weighted by molar-refractivity contribution is 0.0966. The Bertz CT molecular complexity index is 508. The molecular weight excluding hydrogens is 258 g/mol. The number of hydrogen-bond donors (Lipinski definition) is 1. The van der Waals surface area contributed by atoms with Crippen LogP contribution in [0.4, 0.5) is 0 Å². The zero-order valence-corrected chi connectivity index (χ0v) is 14.2. The van der Waals surface area contributed by atoms with Crippen LogP contribution in [0.5, 0.6) is 0 Å². The molecule has 0 amide bonds. The molecule has 0 saturated heterocycles. The molecule has 1 saturated carbocycles. The van der Waals surface area contributed by atoms with E-state index in [-0.39, 0.29) is 11.5 Å². The Morgan fingerprint density at radius 2 is 1.90 bits per heavy atom. The molecule has 1 fully saturated rings. The molecule has 1 aromatic rings. The minimum absolute atomic E-state index is 0.210. The van der Waals surface area contributed by atoms with Gasteiger partial charge in [0, 0.05) is 23.0 Å². The molecule has 0 bridgehead atoms. The summed E-state index contributed by atoms with van der Waals surface area (Å²) in [5.74, 6) is 0.816. The maximum atomic E-state index is 10.5. The van der Waals surface area contributed by atoms with Gasteiger partial charge in [0.2, 0.25) is 0 Å². The molecule has 1 N–H and O–H groups in total. The van der Waals surface area contributed by atoms with Gasteiger partial charge < -0.3 is 9.67 Å². The van der Waals surface area contributed by atoms with Crippen LogP contribution >= 0.6 is 0 Å². The first-order valence-electron chi connectivity index (χ1n) is 8.78. The van der Waals surface area contributed by atoms with Gasteiger partial charge in [-0.05, 0) is 56.9 Å². The molecule has 0 aromatic carbocycles. The molecule has 1 aromatic heterocycles. The molecule has 2 aliphatic rings. The quantitative estimate of drug-likeness (QED) is 0.819. The molecule has 21 heavy (non-hydrogen) atoms. The molecule has 3 rings (SSSR count). The Hall–Kier alpha value is -0.760. The lowest BCUT2D eigenvalue weighted by Crippen LogP contribution is -2.29. The van der Waals surface area contributed by atoms with Crippen molar-refractivity contribution in [2.75, 3.05) is 0 Å². The minimum atomic E-state index is -0.276. The smallest absolute Gasteiger partial charge is 0.0812 e. The first-order chi connectivity index (χ1) is 9.89. The van der Waals surface area contributed by atoms with Crippen LogP contribution in [0.15, 0.2) is 6.07 Å².